The minimum atomic E-state index is -1.01. The third-order valence-corrected chi connectivity index (χ3v) is 6.37. The predicted octanol–water partition coefficient (Wildman–Crippen LogP) is -0.608. The Balaban J connectivity index is 3.60. The van der Waals surface area contributed by atoms with Gasteiger partial charge in [-0.15, -0.1) is 0 Å². The molecule has 0 aliphatic heterocycles. The molecule has 0 heterocycles. The number of carbonyl (C=O) groups is 2. The Labute approximate surface area is 83.0 Å². The Bertz CT molecular complexity index is 164. The molecule has 0 radical (unpaired) electrons. The van der Waals surface area contributed by atoms with E-state index in [0.717, 1.165) is 0 Å². The number of hydrogen-bond donors (Lipinski definition) is 2. The summed E-state index contributed by atoms with van der Waals surface area (Å²) in [6.45, 7) is 1.48. The predicted molar refractivity (Wildman–Crippen MR) is 43.5 cm³/mol. The summed E-state index contributed by atoms with van der Waals surface area (Å²) in [5, 5.41) is 10.4. The normalized spacial score (nSPS) is 12.0. The van der Waals surface area contributed by atoms with E-state index < -0.39 is 5.97 Å². The Morgan fingerprint density at radius 1 is 1.73 bits per heavy atom. The van der Waals surface area contributed by atoms with Crippen LogP contribution in [0, 0.1) is 0 Å². The van der Waals surface area contributed by atoms with E-state index in [2.05, 4.69) is 5.32 Å². The number of nitrogens with one attached hydrogen (secondary N) is 1. The first-order valence-corrected chi connectivity index (χ1v) is 9.37. The molecule has 0 bridgehead atoms. The number of hydrogen-bond acceptors (Lipinski definition) is 3. The van der Waals surface area contributed by atoms with Crippen LogP contribution in [0.5, 0.6) is 0 Å². The van der Waals surface area contributed by atoms with Crippen molar-refractivity contribution in [3.05, 3.63) is 0 Å². The molecule has 0 fully saturated rings. The van der Waals surface area contributed by atoms with Crippen LogP contribution in [0.3, 0.4) is 0 Å². The average Bonchev–Trinajstić information content (AvgIpc) is 1.98. The molecule has 4 nitrogen and oxygen atoms in total. The number of aliphatic carboxylic acids is 1. The molecule has 0 aromatic carbocycles. The SMILES string of the molecule is CC([S][Tl])C(=O)NCC(=O)O. The van der Waals surface area contributed by atoms with Gasteiger partial charge in [-0.2, -0.15) is 0 Å². The van der Waals surface area contributed by atoms with Crippen LogP contribution in [-0.2, 0) is 9.59 Å². The molecule has 0 rings (SSSR count). The Morgan fingerprint density at radius 3 is 2.64 bits per heavy atom. The Morgan fingerprint density at radius 2 is 2.27 bits per heavy atom. The second-order valence-electron chi connectivity index (χ2n) is 1.89. The molecule has 60 valence electrons. The van der Waals surface area contributed by atoms with Gasteiger partial charge in [0.1, 0.15) is 0 Å². The van der Waals surface area contributed by atoms with Gasteiger partial charge in [0.25, 0.3) is 0 Å². The van der Waals surface area contributed by atoms with Gasteiger partial charge in [0.15, 0.2) is 0 Å². The Hall–Kier alpha value is 0.212. The van der Waals surface area contributed by atoms with Crippen molar-refractivity contribution in [1.82, 2.24) is 5.32 Å². The summed E-state index contributed by atoms with van der Waals surface area (Å²) in [4.78, 5) is 20.9. The molecular weight excluding hydrogens is 359 g/mol. The summed E-state index contributed by atoms with van der Waals surface area (Å²) in [7, 11) is 1.55. The van der Waals surface area contributed by atoms with Crippen LogP contribution in [0.1, 0.15) is 6.92 Å². The van der Waals surface area contributed by atoms with Crippen molar-refractivity contribution in [3.63, 3.8) is 0 Å². The van der Waals surface area contributed by atoms with Crippen molar-refractivity contribution in [2.75, 3.05) is 6.54 Å². The molecule has 0 saturated carbocycles. The van der Waals surface area contributed by atoms with Crippen LogP contribution < -0.4 is 5.32 Å². The molecule has 2 N–H and O–H groups in total. The molecule has 1 unspecified atom stereocenters. The van der Waals surface area contributed by atoms with Crippen molar-refractivity contribution in [3.8, 4) is 0 Å². The van der Waals surface area contributed by atoms with Crippen molar-refractivity contribution < 1.29 is 14.7 Å². The van der Waals surface area contributed by atoms with Crippen molar-refractivity contribution in [2.24, 2.45) is 0 Å². The van der Waals surface area contributed by atoms with Gasteiger partial charge in [0, 0.05) is 0 Å². The van der Waals surface area contributed by atoms with E-state index in [9.17, 15) is 9.59 Å². The molecule has 1 atom stereocenters. The van der Waals surface area contributed by atoms with Gasteiger partial charge in [-0.25, -0.2) is 0 Å². The zero-order valence-electron chi connectivity index (χ0n) is 6.03. The number of carboxylic acids is 1. The van der Waals surface area contributed by atoms with Crippen molar-refractivity contribution in [2.45, 2.75) is 12.2 Å². The van der Waals surface area contributed by atoms with Gasteiger partial charge in [-0.05, 0) is 0 Å². The fraction of sp³-hybridized carbons (Fsp3) is 0.600. The van der Waals surface area contributed by atoms with Crippen molar-refractivity contribution in [1.29, 1.82) is 0 Å². The van der Waals surface area contributed by atoms with E-state index in [4.69, 9.17) is 5.11 Å². The molecule has 0 spiro atoms. The number of carboxylic acid groups (broad SMARTS) is 1. The molecule has 0 aliphatic carbocycles. The molecule has 6 heteroatoms. The number of rotatable bonds is 4. The summed E-state index contributed by atoms with van der Waals surface area (Å²) in [5.41, 5.74) is 0. The van der Waals surface area contributed by atoms with Gasteiger partial charge < -0.3 is 0 Å². The molecule has 0 saturated heterocycles. The van der Waals surface area contributed by atoms with E-state index in [0.29, 0.717) is 24.3 Å². The summed E-state index contributed by atoms with van der Waals surface area (Å²) >= 11 is 0.700. The number of amides is 1. The maximum absolute atomic E-state index is 10.9. The summed E-state index contributed by atoms with van der Waals surface area (Å²) < 4.78 is 0. The Kier molecular flexibility index (Phi) is 5.92. The van der Waals surface area contributed by atoms with Gasteiger partial charge in [-0.3, -0.25) is 0 Å². The molecule has 11 heavy (non-hydrogen) atoms. The van der Waals surface area contributed by atoms with Crippen LogP contribution in [0.2, 0.25) is 0 Å². The van der Waals surface area contributed by atoms with Crippen LogP contribution in [0.25, 0.3) is 0 Å². The van der Waals surface area contributed by atoms with Crippen LogP contribution in [0.15, 0.2) is 0 Å². The number of carbonyl (C=O) groups excluding carboxylic acids is 1. The standard InChI is InChI=1S/C5H9NO3S.Tl/c1-3(10)5(9)6-2-4(7)8;/h3,10H,2H2,1H3,(H,6,9)(H,7,8);/q;+1/p-1. The zero-order valence-corrected chi connectivity index (χ0v) is 11.3. The maximum atomic E-state index is 10.9. The first kappa shape index (κ1) is 11.2. The van der Waals surface area contributed by atoms with E-state index in [-0.39, 0.29) is 17.7 Å². The third-order valence-electron chi connectivity index (χ3n) is 0.987. The fourth-order valence-electron chi connectivity index (χ4n) is 0.368. The molecular formula is C5H8NO3STl. The second kappa shape index (κ2) is 5.81. The van der Waals surface area contributed by atoms with Gasteiger partial charge in [0.2, 0.25) is 0 Å². The first-order chi connectivity index (χ1) is 5.07. The van der Waals surface area contributed by atoms with E-state index >= 15 is 0 Å². The van der Waals surface area contributed by atoms with E-state index in [1.54, 1.807) is 15.2 Å². The molecule has 0 aromatic rings. The van der Waals surface area contributed by atoms with Gasteiger partial charge in [-0.1, -0.05) is 0 Å². The van der Waals surface area contributed by atoms with Crippen LogP contribution >= 0.6 is 8.31 Å². The van der Waals surface area contributed by atoms with Crippen LogP contribution in [0.4, 0.5) is 0 Å². The van der Waals surface area contributed by atoms with E-state index in [1.165, 1.54) is 0 Å². The summed E-state index contributed by atoms with van der Waals surface area (Å²) in [6, 6.07) is 0. The van der Waals surface area contributed by atoms with Crippen molar-refractivity contribution >= 4 is 44.5 Å². The average molecular weight is 367 g/mol. The van der Waals surface area contributed by atoms with Gasteiger partial charge >= 0.3 is 83.2 Å². The zero-order chi connectivity index (χ0) is 8.85. The first-order valence-electron chi connectivity index (χ1n) is 2.93. The summed E-state index contributed by atoms with van der Waals surface area (Å²) in [6.07, 6.45) is 0. The van der Waals surface area contributed by atoms with Gasteiger partial charge in [0.05, 0.1) is 0 Å². The third kappa shape index (κ3) is 5.48. The quantitative estimate of drug-likeness (QED) is 0.652. The topological polar surface area (TPSA) is 66.4 Å². The molecule has 0 aliphatic rings. The minimum absolute atomic E-state index is 0.112. The van der Waals surface area contributed by atoms with Crippen LogP contribution in [-0.4, -0.2) is 53.0 Å². The van der Waals surface area contributed by atoms with E-state index in [1.807, 2.05) is 0 Å². The fourth-order valence-corrected chi connectivity index (χ4v) is 2.02. The second-order valence-corrected chi connectivity index (χ2v) is 6.04. The summed E-state index contributed by atoms with van der Waals surface area (Å²) in [5.74, 6) is -1.20. The molecule has 0 aromatic heterocycles. The molecule has 1 amide bonds. The monoisotopic (exact) mass is 367 g/mol.